The number of tetrazole rings is 1. The fourth-order valence-corrected chi connectivity index (χ4v) is 5.24. The van der Waals surface area contributed by atoms with Gasteiger partial charge in [0, 0.05) is 37.4 Å². The van der Waals surface area contributed by atoms with Gasteiger partial charge in [0.05, 0.1) is 16.8 Å². The minimum absolute atomic E-state index is 0.620. The van der Waals surface area contributed by atoms with E-state index in [2.05, 4.69) is 86.7 Å². The number of rotatable bonds is 6. The Morgan fingerprint density at radius 3 is 2.65 bits per heavy atom. The topological polar surface area (TPSA) is 73.8 Å². The quantitative estimate of drug-likeness (QED) is 0.495. The van der Waals surface area contributed by atoms with Crippen molar-refractivity contribution >= 4 is 27.2 Å². The molecule has 3 heterocycles. The van der Waals surface area contributed by atoms with Crippen LogP contribution in [0.1, 0.15) is 24.4 Å². The monoisotopic (exact) mass is 433 g/mol. The largest absolute Gasteiger partial charge is 0.368 e. The van der Waals surface area contributed by atoms with Gasteiger partial charge in [-0.3, -0.25) is 4.90 Å². The molecule has 31 heavy (non-hydrogen) atoms. The van der Waals surface area contributed by atoms with Crippen molar-refractivity contribution in [3.8, 4) is 11.4 Å². The molecule has 1 saturated heterocycles. The molecule has 1 aliphatic heterocycles. The predicted octanol–water partition coefficient (Wildman–Crippen LogP) is 4.00. The number of nitrogens with zero attached hydrogens (tertiary/aromatic N) is 6. The van der Waals surface area contributed by atoms with Crippen LogP contribution in [0.25, 0.3) is 21.6 Å². The van der Waals surface area contributed by atoms with Gasteiger partial charge in [-0.1, -0.05) is 32.0 Å². The highest BCUT2D eigenvalue weighted by Gasteiger charge is 2.22. The number of thiazole rings is 1. The molecule has 8 heteroatoms. The fraction of sp³-hybridized carbons (Fsp3) is 0.391. The summed E-state index contributed by atoms with van der Waals surface area (Å²) in [7, 11) is 0. The normalized spacial score (nSPS) is 15.3. The van der Waals surface area contributed by atoms with E-state index < -0.39 is 0 Å². The minimum atomic E-state index is 0.620. The number of para-hydroxylation sites is 1. The van der Waals surface area contributed by atoms with E-state index >= 15 is 0 Å². The van der Waals surface area contributed by atoms with Crippen molar-refractivity contribution in [2.24, 2.45) is 5.92 Å². The average Bonchev–Trinajstić information content (AvgIpc) is 3.43. The first kappa shape index (κ1) is 20.1. The zero-order valence-corrected chi connectivity index (χ0v) is 18.8. The highest BCUT2D eigenvalue weighted by molar-refractivity contribution is 7.18. The number of aromatic nitrogens is 5. The Kier molecular flexibility index (Phi) is 5.65. The maximum atomic E-state index is 4.81. The minimum Gasteiger partial charge on any atom is -0.368 e. The Morgan fingerprint density at radius 2 is 1.90 bits per heavy atom. The first-order valence-electron chi connectivity index (χ1n) is 10.8. The standard InChI is InChI=1S/C23H27N7S/c1-16(2)13-17-7-8-18(23-25-27-28-26-23)20(14-17)30-11-9-29(10-12-30)15-22-24-19-5-3-4-6-21(19)31-22/h3-8,14,16H,9-13,15H2,1-2H3,(H,25,26,27,28). The van der Waals surface area contributed by atoms with E-state index in [1.165, 1.54) is 21.0 Å². The van der Waals surface area contributed by atoms with Gasteiger partial charge in [-0.25, -0.2) is 4.98 Å². The molecular formula is C23H27N7S. The van der Waals surface area contributed by atoms with Crippen molar-refractivity contribution in [1.29, 1.82) is 0 Å². The molecule has 160 valence electrons. The van der Waals surface area contributed by atoms with Gasteiger partial charge in [-0.15, -0.1) is 21.5 Å². The molecule has 4 aromatic rings. The Morgan fingerprint density at radius 1 is 1.06 bits per heavy atom. The lowest BCUT2D eigenvalue weighted by molar-refractivity contribution is 0.250. The molecule has 0 radical (unpaired) electrons. The Labute approximate surface area is 186 Å². The molecule has 2 aromatic carbocycles. The van der Waals surface area contributed by atoms with Gasteiger partial charge in [0.1, 0.15) is 5.01 Å². The summed E-state index contributed by atoms with van der Waals surface area (Å²) >= 11 is 1.80. The lowest BCUT2D eigenvalue weighted by atomic mass is 9.99. The summed E-state index contributed by atoms with van der Waals surface area (Å²) in [6.45, 7) is 9.40. The molecule has 0 atom stereocenters. The number of H-pyrrole nitrogens is 1. The molecule has 1 N–H and O–H groups in total. The summed E-state index contributed by atoms with van der Waals surface area (Å²) in [6.07, 6.45) is 1.07. The van der Waals surface area contributed by atoms with Crippen molar-refractivity contribution in [3.05, 3.63) is 53.0 Å². The second kappa shape index (κ2) is 8.72. The van der Waals surface area contributed by atoms with Gasteiger partial charge >= 0.3 is 0 Å². The number of benzene rings is 2. The zero-order valence-electron chi connectivity index (χ0n) is 18.0. The van der Waals surface area contributed by atoms with E-state index in [9.17, 15) is 0 Å². The first-order valence-corrected chi connectivity index (χ1v) is 11.7. The highest BCUT2D eigenvalue weighted by Crippen LogP contribution is 2.31. The van der Waals surface area contributed by atoms with E-state index in [1.807, 2.05) is 0 Å². The van der Waals surface area contributed by atoms with Crippen LogP contribution >= 0.6 is 11.3 Å². The molecule has 1 fully saturated rings. The van der Waals surface area contributed by atoms with Crippen LogP contribution in [0.3, 0.4) is 0 Å². The Hall–Kier alpha value is -2.84. The highest BCUT2D eigenvalue weighted by atomic mass is 32.1. The molecule has 2 aromatic heterocycles. The summed E-state index contributed by atoms with van der Waals surface area (Å²) in [6, 6.07) is 15.0. The van der Waals surface area contributed by atoms with Crippen molar-refractivity contribution in [3.63, 3.8) is 0 Å². The summed E-state index contributed by atoms with van der Waals surface area (Å²) < 4.78 is 1.27. The summed E-state index contributed by atoms with van der Waals surface area (Å²) in [5.41, 5.74) is 4.71. The SMILES string of the molecule is CC(C)Cc1ccc(-c2nn[nH]n2)c(N2CCN(Cc3nc4ccccc4s3)CC2)c1. The van der Waals surface area contributed by atoms with E-state index in [1.54, 1.807) is 11.3 Å². The predicted molar refractivity (Wildman–Crippen MR) is 125 cm³/mol. The number of hydrogen-bond acceptors (Lipinski definition) is 7. The van der Waals surface area contributed by atoms with Gasteiger partial charge in [-0.2, -0.15) is 5.21 Å². The zero-order chi connectivity index (χ0) is 21.2. The van der Waals surface area contributed by atoms with Crippen LogP contribution < -0.4 is 4.90 Å². The van der Waals surface area contributed by atoms with E-state index in [4.69, 9.17) is 4.98 Å². The van der Waals surface area contributed by atoms with Crippen molar-refractivity contribution < 1.29 is 0 Å². The molecule has 7 nitrogen and oxygen atoms in total. The Bertz CT molecular complexity index is 1110. The molecular weight excluding hydrogens is 406 g/mol. The van der Waals surface area contributed by atoms with E-state index in [0.29, 0.717) is 11.7 Å². The number of fused-ring (bicyclic) bond motifs is 1. The molecule has 1 aliphatic rings. The molecule has 0 spiro atoms. The van der Waals surface area contributed by atoms with E-state index in [0.717, 1.165) is 50.2 Å². The van der Waals surface area contributed by atoms with Crippen LogP contribution in [0.4, 0.5) is 5.69 Å². The smallest absolute Gasteiger partial charge is 0.206 e. The average molecular weight is 434 g/mol. The molecule has 0 amide bonds. The van der Waals surface area contributed by atoms with Crippen molar-refractivity contribution in [1.82, 2.24) is 30.5 Å². The van der Waals surface area contributed by atoms with Gasteiger partial charge < -0.3 is 4.90 Å². The van der Waals surface area contributed by atoms with Crippen molar-refractivity contribution in [2.45, 2.75) is 26.8 Å². The van der Waals surface area contributed by atoms with Crippen LogP contribution in [-0.2, 0) is 13.0 Å². The van der Waals surface area contributed by atoms with Gasteiger partial charge in [0.25, 0.3) is 0 Å². The second-order valence-electron chi connectivity index (χ2n) is 8.52. The molecule has 5 rings (SSSR count). The number of aromatic amines is 1. The van der Waals surface area contributed by atoms with Crippen LogP contribution in [0.5, 0.6) is 0 Å². The summed E-state index contributed by atoms with van der Waals surface area (Å²) in [5.74, 6) is 1.28. The lowest BCUT2D eigenvalue weighted by Gasteiger charge is -2.36. The van der Waals surface area contributed by atoms with Gasteiger partial charge in [0.2, 0.25) is 5.82 Å². The number of hydrogen-bond donors (Lipinski definition) is 1. The number of anilines is 1. The lowest BCUT2D eigenvalue weighted by Crippen LogP contribution is -2.46. The first-order chi connectivity index (χ1) is 15.2. The van der Waals surface area contributed by atoms with Crippen LogP contribution in [0.15, 0.2) is 42.5 Å². The summed E-state index contributed by atoms with van der Waals surface area (Å²) in [5, 5.41) is 16.0. The third-order valence-corrected chi connectivity index (χ3v) is 6.72. The molecule has 0 aliphatic carbocycles. The van der Waals surface area contributed by atoms with Gasteiger partial charge in [0.15, 0.2) is 0 Å². The van der Waals surface area contributed by atoms with Crippen LogP contribution in [0.2, 0.25) is 0 Å². The summed E-state index contributed by atoms with van der Waals surface area (Å²) in [4.78, 5) is 9.77. The van der Waals surface area contributed by atoms with Gasteiger partial charge in [-0.05, 0) is 47.4 Å². The maximum absolute atomic E-state index is 4.81. The fourth-order valence-electron chi connectivity index (χ4n) is 4.23. The number of nitrogens with one attached hydrogen (secondary N) is 1. The van der Waals surface area contributed by atoms with Crippen molar-refractivity contribution in [2.75, 3.05) is 31.1 Å². The van der Waals surface area contributed by atoms with E-state index in [-0.39, 0.29) is 0 Å². The number of piperazine rings is 1. The van der Waals surface area contributed by atoms with Crippen LogP contribution in [-0.4, -0.2) is 56.7 Å². The third-order valence-electron chi connectivity index (χ3n) is 5.70. The third kappa shape index (κ3) is 4.45. The molecule has 0 bridgehead atoms. The second-order valence-corrected chi connectivity index (χ2v) is 9.64. The molecule has 0 unspecified atom stereocenters. The van der Waals surface area contributed by atoms with Crippen LogP contribution in [0, 0.1) is 5.92 Å². The molecule has 0 saturated carbocycles. The maximum Gasteiger partial charge on any atom is 0.206 e. The Balaban J connectivity index is 1.32.